The minimum atomic E-state index is 0.824. The largest absolute Gasteiger partial charge is 0.303 e. The predicted octanol–water partition coefficient (Wildman–Crippen LogP) is 2.67. The molecule has 0 amide bonds. The highest BCUT2D eigenvalue weighted by atomic mass is 15.1. The number of aromatic nitrogens is 1. The molecule has 1 aromatic heterocycles. The summed E-state index contributed by atoms with van der Waals surface area (Å²) in [5, 5.41) is 0. The zero-order valence-electron chi connectivity index (χ0n) is 9.81. The van der Waals surface area contributed by atoms with Gasteiger partial charge >= 0.3 is 0 Å². The first-order valence-electron chi connectivity index (χ1n) is 6.56. The van der Waals surface area contributed by atoms with Crippen LogP contribution in [0.2, 0.25) is 0 Å². The fourth-order valence-electron chi connectivity index (χ4n) is 2.94. The minimum Gasteiger partial charge on any atom is -0.303 e. The summed E-state index contributed by atoms with van der Waals surface area (Å²) >= 11 is 0. The molecule has 16 heavy (non-hydrogen) atoms. The molecule has 2 unspecified atom stereocenters. The first-order valence-corrected chi connectivity index (χ1v) is 6.56. The monoisotopic (exact) mass is 216 g/mol. The third kappa shape index (κ3) is 2.27. The van der Waals surface area contributed by atoms with Crippen LogP contribution in [-0.4, -0.2) is 29.5 Å². The zero-order valence-corrected chi connectivity index (χ0v) is 9.81. The molecule has 0 N–H and O–H groups in total. The molecule has 0 spiro atoms. The maximum atomic E-state index is 4.09. The molecule has 86 valence electrons. The van der Waals surface area contributed by atoms with Crippen LogP contribution < -0.4 is 0 Å². The van der Waals surface area contributed by atoms with E-state index in [0.29, 0.717) is 0 Å². The highest BCUT2D eigenvalue weighted by Gasteiger charge is 2.39. The van der Waals surface area contributed by atoms with E-state index >= 15 is 0 Å². The quantitative estimate of drug-likeness (QED) is 0.772. The molecule has 2 fully saturated rings. The molecule has 2 atom stereocenters. The van der Waals surface area contributed by atoms with Crippen LogP contribution in [0.25, 0.3) is 0 Å². The lowest BCUT2D eigenvalue weighted by atomic mass is 10.1. The van der Waals surface area contributed by atoms with Gasteiger partial charge in [0.2, 0.25) is 0 Å². The van der Waals surface area contributed by atoms with Crippen molar-refractivity contribution >= 4 is 0 Å². The van der Waals surface area contributed by atoms with Gasteiger partial charge in [0.05, 0.1) is 0 Å². The van der Waals surface area contributed by atoms with Gasteiger partial charge in [-0.25, -0.2) is 0 Å². The van der Waals surface area contributed by atoms with Crippen LogP contribution in [0, 0.1) is 5.92 Å². The van der Waals surface area contributed by atoms with E-state index in [1.54, 1.807) is 0 Å². The normalized spacial score (nSPS) is 30.2. The maximum absolute atomic E-state index is 4.09. The van der Waals surface area contributed by atoms with E-state index in [2.05, 4.69) is 22.0 Å². The second-order valence-electron chi connectivity index (χ2n) is 5.24. The van der Waals surface area contributed by atoms with Gasteiger partial charge in [0.15, 0.2) is 0 Å². The van der Waals surface area contributed by atoms with Crippen molar-refractivity contribution in [1.29, 1.82) is 0 Å². The topological polar surface area (TPSA) is 16.1 Å². The summed E-state index contributed by atoms with van der Waals surface area (Å²) in [6.45, 7) is 3.99. The number of piperidine rings is 1. The number of hydrogen-bond donors (Lipinski definition) is 0. The third-order valence-electron chi connectivity index (χ3n) is 4.00. The van der Waals surface area contributed by atoms with Crippen molar-refractivity contribution in [1.82, 2.24) is 9.88 Å². The fraction of sp³-hybridized carbons (Fsp3) is 0.643. The molecule has 1 aliphatic carbocycles. The van der Waals surface area contributed by atoms with Gasteiger partial charge in [-0.1, -0.05) is 6.42 Å². The molecular weight excluding hydrogens is 196 g/mol. The van der Waals surface area contributed by atoms with Gasteiger partial charge in [0, 0.05) is 18.9 Å². The molecule has 2 aliphatic rings. The maximum Gasteiger partial charge on any atom is 0.0270 e. The van der Waals surface area contributed by atoms with Gasteiger partial charge in [0.25, 0.3) is 0 Å². The summed E-state index contributed by atoms with van der Waals surface area (Å²) in [5.41, 5.74) is 1.50. The van der Waals surface area contributed by atoms with Crippen molar-refractivity contribution in [3.8, 4) is 0 Å². The molecule has 0 bridgehead atoms. The lowest BCUT2D eigenvalue weighted by Gasteiger charge is -2.26. The van der Waals surface area contributed by atoms with Crippen LogP contribution in [0.5, 0.6) is 0 Å². The second kappa shape index (κ2) is 4.54. The Morgan fingerprint density at radius 1 is 1.12 bits per heavy atom. The SMILES string of the molecule is c1cc(C2CC2CN2CCCCC2)ccn1. The van der Waals surface area contributed by atoms with E-state index in [4.69, 9.17) is 0 Å². The Labute approximate surface area is 97.7 Å². The van der Waals surface area contributed by atoms with Crippen molar-refractivity contribution in [3.05, 3.63) is 30.1 Å². The summed E-state index contributed by atoms with van der Waals surface area (Å²) in [4.78, 5) is 6.75. The first kappa shape index (κ1) is 10.3. The van der Waals surface area contributed by atoms with Crippen LogP contribution in [-0.2, 0) is 0 Å². The molecule has 2 heteroatoms. The van der Waals surface area contributed by atoms with E-state index in [-0.39, 0.29) is 0 Å². The van der Waals surface area contributed by atoms with Gasteiger partial charge in [0.1, 0.15) is 0 Å². The van der Waals surface area contributed by atoms with Gasteiger partial charge in [-0.3, -0.25) is 4.98 Å². The molecule has 3 rings (SSSR count). The summed E-state index contributed by atoms with van der Waals surface area (Å²) in [6, 6.07) is 4.36. The Morgan fingerprint density at radius 2 is 1.88 bits per heavy atom. The van der Waals surface area contributed by atoms with Crippen LogP contribution >= 0.6 is 0 Å². The molecule has 2 nitrogen and oxygen atoms in total. The van der Waals surface area contributed by atoms with Gasteiger partial charge in [-0.2, -0.15) is 0 Å². The molecule has 1 saturated heterocycles. The number of hydrogen-bond acceptors (Lipinski definition) is 2. The molecule has 0 radical (unpaired) electrons. The summed E-state index contributed by atoms with van der Waals surface area (Å²) in [5.74, 6) is 1.74. The Balaban J connectivity index is 1.52. The second-order valence-corrected chi connectivity index (χ2v) is 5.24. The van der Waals surface area contributed by atoms with Crippen molar-refractivity contribution in [2.75, 3.05) is 19.6 Å². The Morgan fingerprint density at radius 3 is 2.62 bits per heavy atom. The van der Waals surface area contributed by atoms with E-state index in [1.165, 1.54) is 50.9 Å². The fourth-order valence-corrected chi connectivity index (χ4v) is 2.94. The molecule has 0 aromatic carbocycles. The van der Waals surface area contributed by atoms with E-state index < -0.39 is 0 Å². The number of likely N-dealkylation sites (tertiary alicyclic amines) is 1. The number of pyridine rings is 1. The van der Waals surface area contributed by atoms with Crippen molar-refractivity contribution in [2.24, 2.45) is 5.92 Å². The van der Waals surface area contributed by atoms with Gasteiger partial charge in [-0.15, -0.1) is 0 Å². The Bertz CT molecular complexity index is 330. The average Bonchev–Trinajstić information content (AvgIpc) is 3.11. The first-order chi connectivity index (χ1) is 7.93. The van der Waals surface area contributed by atoms with Crippen molar-refractivity contribution in [3.63, 3.8) is 0 Å². The Kier molecular flexibility index (Phi) is 2.92. The van der Waals surface area contributed by atoms with Gasteiger partial charge in [-0.05, 0) is 61.9 Å². The van der Waals surface area contributed by atoms with E-state index in [1.807, 2.05) is 12.4 Å². The molecule has 1 saturated carbocycles. The minimum absolute atomic E-state index is 0.824. The third-order valence-corrected chi connectivity index (χ3v) is 4.00. The summed E-state index contributed by atoms with van der Waals surface area (Å²) in [6.07, 6.45) is 9.49. The molecular formula is C14H20N2. The van der Waals surface area contributed by atoms with Crippen molar-refractivity contribution < 1.29 is 0 Å². The van der Waals surface area contributed by atoms with E-state index in [9.17, 15) is 0 Å². The lowest BCUT2D eigenvalue weighted by molar-refractivity contribution is 0.219. The molecule has 2 heterocycles. The highest BCUT2D eigenvalue weighted by Crippen LogP contribution is 2.47. The molecule has 1 aliphatic heterocycles. The standard InChI is InChI=1S/C14H20N2/c1-2-8-16(9-3-1)11-13-10-14(13)12-4-6-15-7-5-12/h4-7,13-14H,1-3,8-11H2. The number of nitrogens with zero attached hydrogens (tertiary/aromatic N) is 2. The van der Waals surface area contributed by atoms with Crippen LogP contribution in [0.1, 0.15) is 37.2 Å². The predicted molar refractivity (Wildman–Crippen MR) is 65.4 cm³/mol. The zero-order chi connectivity index (χ0) is 10.8. The molecule has 1 aromatic rings. The van der Waals surface area contributed by atoms with E-state index in [0.717, 1.165) is 11.8 Å². The van der Waals surface area contributed by atoms with Crippen LogP contribution in [0.4, 0.5) is 0 Å². The summed E-state index contributed by atoms with van der Waals surface area (Å²) in [7, 11) is 0. The van der Waals surface area contributed by atoms with Crippen LogP contribution in [0.3, 0.4) is 0 Å². The van der Waals surface area contributed by atoms with Gasteiger partial charge < -0.3 is 4.90 Å². The smallest absolute Gasteiger partial charge is 0.0270 e. The summed E-state index contributed by atoms with van der Waals surface area (Å²) < 4.78 is 0. The van der Waals surface area contributed by atoms with Crippen molar-refractivity contribution in [2.45, 2.75) is 31.6 Å². The average molecular weight is 216 g/mol. The van der Waals surface area contributed by atoms with Crippen LogP contribution in [0.15, 0.2) is 24.5 Å². The Hall–Kier alpha value is -0.890. The lowest BCUT2D eigenvalue weighted by Crippen LogP contribution is -2.31. The highest BCUT2D eigenvalue weighted by molar-refractivity contribution is 5.23. The number of rotatable bonds is 3.